The number of aromatic nitrogens is 1. The maximum absolute atomic E-state index is 13.0. The fraction of sp³-hybridized carbons (Fsp3) is 0.208. The zero-order chi connectivity index (χ0) is 22.4. The van der Waals surface area contributed by atoms with Crippen LogP contribution < -0.4 is 10.1 Å². The van der Waals surface area contributed by atoms with Gasteiger partial charge in [0.05, 0.1) is 18.2 Å². The normalized spacial score (nSPS) is 12.6. The second-order valence-corrected chi connectivity index (χ2v) is 7.16. The molecule has 2 atom stereocenters. The lowest BCUT2D eigenvalue weighted by molar-refractivity contribution is -0.128. The highest BCUT2D eigenvalue weighted by atomic mass is 19.1. The number of amides is 1. The number of rotatable bonds is 8. The van der Waals surface area contributed by atoms with Gasteiger partial charge >= 0.3 is 0 Å². The molecule has 0 saturated heterocycles. The van der Waals surface area contributed by atoms with Crippen molar-refractivity contribution in [3.8, 4) is 22.8 Å². The minimum absolute atomic E-state index is 0.0184. The summed E-state index contributed by atoms with van der Waals surface area (Å²) < 4.78 is 18.7. The molecule has 2 aromatic carbocycles. The van der Waals surface area contributed by atoms with E-state index in [0.717, 1.165) is 5.56 Å². The molecule has 1 aromatic heterocycles. The Balaban J connectivity index is 1.71. The standard InChI is InChI=1S/C24H23FN2O4/c1-15(28)24(26-16(2)29)23(30)14-19-4-3-5-22(27-19)17-6-10-20(11-7-17)31-21-12-8-18(25)9-13-21/h3-13,15,24,28H,14H2,1-2H3,(H,26,29)/t15?,24-/m0/s1. The van der Waals surface area contributed by atoms with Crippen molar-refractivity contribution in [3.63, 3.8) is 0 Å². The quantitative estimate of drug-likeness (QED) is 0.578. The fourth-order valence-electron chi connectivity index (χ4n) is 3.05. The molecule has 0 bridgehead atoms. The lowest BCUT2D eigenvalue weighted by atomic mass is 10.0. The zero-order valence-electron chi connectivity index (χ0n) is 17.2. The molecule has 1 unspecified atom stereocenters. The SMILES string of the molecule is CC(=O)N[C@H](C(=O)Cc1cccc(-c2ccc(Oc3ccc(F)cc3)cc2)n1)C(C)O. The number of nitrogens with zero attached hydrogens (tertiary/aromatic N) is 1. The molecule has 0 spiro atoms. The van der Waals surface area contributed by atoms with Crippen LogP contribution >= 0.6 is 0 Å². The lowest BCUT2D eigenvalue weighted by Gasteiger charge is -2.19. The minimum atomic E-state index is -1.01. The Hall–Kier alpha value is -3.58. The molecule has 0 fully saturated rings. The summed E-state index contributed by atoms with van der Waals surface area (Å²) in [5.74, 6) is 0.0853. The summed E-state index contributed by atoms with van der Waals surface area (Å²) in [6.45, 7) is 2.75. The molecule has 31 heavy (non-hydrogen) atoms. The van der Waals surface area contributed by atoms with E-state index in [1.54, 1.807) is 36.4 Å². The first-order valence-electron chi connectivity index (χ1n) is 9.79. The molecular formula is C24H23FN2O4. The Morgan fingerprint density at radius 2 is 1.65 bits per heavy atom. The summed E-state index contributed by atoms with van der Waals surface area (Å²) in [4.78, 5) is 28.3. The number of carbonyl (C=O) groups is 2. The van der Waals surface area contributed by atoms with Crippen molar-refractivity contribution < 1.29 is 23.8 Å². The van der Waals surface area contributed by atoms with Crippen LogP contribution in [-0.2, 0) is 16.0 Å². The van der Waals surface area contributed by atoms with Crippen LogP contribution in [0.2, 0.25) is 0 Å². The van der Waals surface area contributed by atoms with E-state index in [-0.39, 0.29) is 23.9 Å². The van der Waals surface area contributed by atoms with Gasteiger partial charge in [0, 0.05) is 18.2 Å². The molecule has 3 aromatic rings. The van der Waals surface area contributed by atoms with Crippen LogP contribution in [0.1, 0.15) is 19.5 Å². The van der Waals surface area contributed by atoms with E-state index in [2.05, 4.69) is 10.3 Å². The number of ketones is 1. The van der Waals surface area contributed by atoms with Gasteiger partial charge < -0.3 is 15.2 Å². The molecule has 7 heteroatoms. The van der Waals surface area contributed by atoms with Gasteiger partial charge in [-0.1, -0.05) is 6.07 Å². The monoisotopic (exact) mass is 422 g/mol. The van der Waals surface area contributed by atoms with E-state index in [9.17, 15) is 19.1 Å². The van der Waals surface area contributed by atoms with Crippen LogP contribution in [0.4, 0.5) is 4.39 Å². The summed E-state index contributed by atoms with van der Waals surface area (Å²) in [6.07, 6.45) is -1.02. The third-order valence-corrected chi connectivity index (χ3v) is 4.55. The number of ether oxygens (including phenoxy) is 1. The number of aliphatic hydroxyl groups is 1. The van der Waals surface area contributed by atoms with E-state index in [1.807, 2.05) is 18.2 Å². The van der Waals surface area contributed by atoms with Crippen LogP contribution in [0.3, 0.4) is 0 Å². The van der Waals surface area contributed by atoms with Crippen molar-refractivity contribution in [1.29, 1.82) is 0 Å². The number of pyridine rings is 1. The van der Waals surface area contributed by atoms with Gasteiger partial charge in [-0.05, 0) is 67.6 Å². The third-order valence-electron chi connectivity index (χ3n) is 4.55. The van der Waals surface area contributed by atoms with Crippen molar-refractivity contribution in [2.45, 2.75) is 32.4 Å². The summed E-state index contributed by atoms with van der Waals surface area (Å²) >= 11 is 0. The Morgan fingerprint density at radius 1 is 1.03 bits per heavy atom. The molecule has 0 aliphatic carbocycles. The van der Waals surface area contributed by atoms with Gasteiger partial charge in [-0.3, -0.25) is 14.6 Å². The average Bonchev–Trinajstić information content (AvgIpc) is 2.74. The zero-order valence-corrected chi connectivity index (χ0v) is 17.2. The second kappa shape index (κ2) is 9.95. The Bertz CT molecular complexity index is 1050. The number of hydrogen-bond acceptors (Lipinski definition) is 5. The smallest absolute Gasteiger partial charge is 0.217 e. The lowest BCUT2D eigenvalue weighted by Crippen LogP contribution is -2.47. The average molecular weight is 422 g/mol. The highest BCUT2D eigenvalue weighted by Gasteiger charge is 2.24. The third kappa shape index (κ3) is 6.20. The predicted molar refractivity (Wildman–Crippen MR) is 114 cm³/mol. The molecule has 6 nitrogen and oxygen atoms in total. The molecule has 1 heterocycles. The van der Waals surface area contributed by atoms with Crippen LogP contribution in [-0.4, -0.2) is 33.9 Å². The Morgan fingerprint density at radius 3 is 2.23 bits per heavy atom. The molecule has 0 radical (unpaired) electrons. The van der Waals surface area contributed by atoms with Gasteiger partial charge in [0.2, 0.25) is 5.91 Å². The second-order valence-electron chi connectivity index (χ2n) is 7.16. The number of benzene rings is 2. The largest absolute Gasteiger partial charge is 0.457 e. The van der Waals surface area contributed by atoms with Gasteiger partial charge in [-0.15, -0.1) is 0 Å². The van der Waals surface area contributed by atoms with E-state index in [1.165, 1.54) is 26.0 Å². The number of aliphatic hydroxyl groups excluding tert-OH is 1. The van der Waals surface area contributed by atoms with Crippen LogP contribution in [0.5, 0.6) is 11.5 Å². The first-order valence-corrected chi connectivity index (χ1v) is 9.79. The first-order chi connectivity index (χ1) is 14.8. The Labute approximate surface area is 179 Å². The van der Waals surface area contributed by atoms with Gasteiger partial charge in [0.1, 0.15) is 23.4 Å². The van der Waals surface area contributed by atoms with E-state index >= 15 is 0 Å². The van der Waals surface area contributed by atoms with Crippen LogP contribution in [0.15, 0.2) is 66.7 Å². The summed E-state index contributed by atoms with van der Waals surface area (Å²) in [7, 11) is 0. The number of halogens is 1. The minimum Gasteiger partial charge on any atom is -0.457 e. The van der Waals surface area contributed by atoms with Crippen LogP contribution in [0, 0.1) is 5.82 Å². The van der Waals surface area contributed by atoms with Crippen molar-refractivity contribution in [1.82, 2.24) is 10.3 Å². The first kappa shape index (κ1) is 22.1. The molecule has 1 amide bonds. The maximum Gasteiger partial charge on any atom is 0.217 e. The van der Waals surface area contributed by atoms with E-state index in [0.29, 0.717) is 22.9 Å². The highest BCUT2D eigenvalue weighted by molar-refractivity contribution is 5.90. The number of carbonyl (C=O) groups excluding carboxylic acids is 2. The molecule has 2 N–H and O–H groups in total. The predicted octanol–water partition coefficient (Wildman–Crippen LogP) is 3.68. The van der Waals surface area contributed by atoms with Crippen molar-refractivity contribution in [3.05, 3.63) is 78.2 Å². The number of nitrogens with one attached hydrogen (secondary N) is 1. The van der Waals surface area contributed by atoms with Crippen molar-refractivity contribution >= 4 is 11.7 Å². The van der Waals surface area contributed by atoms with E-state index < -0.39 is 12.1 Å². The van der Waals surface area contributed by atoms with Gasteiger partial charge in [0.25, 0.3) is 0 Å². The van der Waals surface area contributed by atoms with Crippen molar-refractivity contribution in [2.75, 3.05) is 0 Å². The van der Waals surface area contributed by atoms with Crippen LogP contribution in [0.25, 0.3) is 11.3 Å². The van der Waals surface area contributed by atoms with Gasteiger partial charge in [-0.25, -0.2) is 4.39 Å². The molecule has 3 rings (SSSR count). The maximum atomic E-state index is 13.0. The fourth-order valence-corrected chi connectivity index (χ4v) is 3.05. The summed E-state index contributed by atoms with van der Waals surface area (Å²) in [5, 5.41) is 12.3. The van der Waals surface area contributed by atoms with Gasteiger partial charge in [-0.2, -0.15) is 0 Å². The van der Waals surface area contributed by atoms with Crippen molar-refractivity contribution in [2.24, 2.45) is 0 Å². The molecule has 0 aliphatic rings. The Kier molecular flexibility index (Phi) is 7.10. The van der Waals surface area contributed by atoms with E-state index in [4.69, 9.17) is 4.74 Å². The molecule has 0 aliphatic heterocycles. The number of Topliss-reactive ketones (excluding diaryl/α,β-unsaturated/α-hetero) is 1. The summed E-state index contributed by atoms with van der Waals surface area (Å²) in [5.41, 5.74) is 2.03. The highest BCUT2D eigenvalue weighted by Crippen LogP contribution is 2.25. The summed E-state index contributed by atoms with van der Waals surface area (Å²) in [6, 6.07) is 17.3. The molecular weight excluding hydrogens is 399 g/mol. The molecule has 160 valence electrons. The molecule has 0 saturated carbocycles. The number of hydrogen-bond donors (Lipinski definition) is 2. The van der Waals surface area contributed by atoms with Gasteiger partial charge in [0.15, 0.2) is 5.78 Å². The topological polar surface area (TPSA) is 88.5 Å².